The van der Waals surface area contributed by atoms with Gasteiger partial charge in [0.2, 0.25) is 0 Å². The first kappa shape index (κ1) is 57.9. The van der Waals surface area contributed by atoms with Crippen molar-refractivity contribution in [2.24, 2.45) is 0 Å². The van der Waals surface area contributed by atoms with Gasteiger partial charge in [0.1, 0.15) is 20.6 Å². The number of alkyl halides is 24. The minimum Gasteiger partial charge on any atom is -0.213 e. The molecular weight excluding hydrogens is 1080 g/mol. The van der Waals surface area contributed by atoms with E-state index >= 15 is 0 Å². The van der Waals surface area contributed by atoms with Crippen LogP contribution < -0.4 is 10.6 Å². The van der Waals surface area contributed by atoms with Gasteiger partial charge in [-0.05, 0) is 25.7 Å². The molecule has 27 heteroatoms. The number of halogens is 24. The third-order valence-electron chi connectivity index (χ3n) is 11.4. The molecule has 0 nitrogen and oxygen atoms in total. The molecule has 0 saturated heterocycles. The summed E-state index contributed by atoms with van der Waals surface area (Å²) in [6.45, 7) is 0. The first-order valence-corrected chi connectivity index (χ1v) is 21.6. The molecule has 4 aliphatic rings. The summed E-state index contributed by atoms with van der Waals surface area (Å²) in [5.41, 5.74) is -5.82. The van der Waals surface area contributed by atoms with Crippen LogP contribution in [0.25, 0.3) is 0 Å². The smallest absolute Gasteiger partial charge is 0.213 e. The average Bonchev–Trinajstić information content (AvgIpc) is 3.92. The van der Waals surface area contributed by atoms with Gasteiger partial charge in [-0.25, -0.2) is 24.3 Å². The molecule has 4 atom stereocenters. The Hall–Kier alpha value is -3.68. The minimum absolute atomic E-state index is 0. The second-order valence-electron chi connectivity index (χ2n) is 15.4. The number of hydrogen-bond donors (Lipinski definition) is 0. The second-order valence-corrected chi connectivity index (χ2v) is 21.0. The Morgan fingerprint density at radius 1 is 0.348 bits per heavy atom. The molecule has 0 spiro atoms. The van der Waals surface area contributed by atoms with E-state index in [2.05, 4.69) is 0 Å². The van der Waals surface area contributed by atoms with Crippen LogP contribution in [0.4, 0.5) is 105 Å². The van der Waals surface area contributed by atoms with Gasteiger partial charge in [-0.3, -0.25) is 0 Å². The molecule has 2 aromatic carbocycles. The van der Waals surface area contributed by atoms with Gasteiger partial charge < -0.3 is 0 Å². The summed E-state index contributed by atoms with van der Waals surface area (Å²) < 4.78 is 331. The van der Waals surface area contributed by atoms with Gasteiger partial charge >= 0.3 is 66.5 Å². The maximum Gasteiger partial charge on any atom is 2.00 e. The van der Waals surface area contributed by atoms with Crippen molar-refractivity contribution in [2.45, 2.75) is 95.7 Å². The summed E-state index contributed by atoms with van der Waals surface area (Å²) in [5.74, 6) is 0. The van der Waals surface area contributed by atoms with Gasteiger partial charge in [0.25, 0.3) is 0 Å². The molecule has 4 aliphatic carbocycles. The third-order valence-corrected chi connectivity index (χ3v) is 18.5. The molecule has 382 valence electrons. The normalized spacial score (nSPS) is 27.0. The summed E-state index contributed by atoms with van der Waals surface area (Å²) in [4.78, 5) is 0. The average molecular weight is 1110 g/mol. The zero-order chi connectivity index (χ0) is 51.6. The Bertz CT molecular complexity index is 2070. The monoisotopic (exact) mass is 1110 g/mol. The molecule has 4 unspecified atom stereocenters. The molecular formula is C42H28F24FeP2. The van der Waals surface area contributed by atoms with Crippen LogP contribution in [0.1, 0.15) is 25.7 Å². The molecule has 0 N–H and O–H groups in total. The van der Waals surface area contributed by atoms with Crippen molar-refractivity contribution in [1.82, 2.24) is 0 Å². The summed E-state index contributed by atoms with van der Waals surface area (Å²) in [7, 11) is -7.11. The third kappa shape index (κ3) is 11.1. The van der Waals surface area contributed by atoms with Crippen LogP contribution in [0.5, 0.6) is 0 Å². The largest absolute Gasteiger partial charge is 2.00 e. The number of hydrogen-bond acceptors (Lipinski definition) is 0. The van der Waals surface area contributed by atoms with Gasteiger partial charge in [-0.1, -0.05) is 88.8 Å². The van der Waals surface area contributed by atoms with Crippen molar-refractivity contribution in [3.63, 3.8) is 0 Å². The maximum atomic E-state index is 14.5. The standard InChI is InChI=1S/2C21H14F12P.Fe/c2*22-18(23,24)13-5-9-16(10-6-13,20(28,29)30)34(15-3-1-2-4-15)17(21(31,32)33)11-7-14(8-12-17)19(25,26)27;/h2*1-9,11H,10,12H2;/q2*-1;+2. The second kappa shape index (κ2) is 19.1. The molecule has 0 heterocycles. The van der Waals surface area contributed by atoms with Crippen molar-refractivity contribution in [1.29, 1.82) is 0 Å². The van der Waals surface area contributed by atoms with Gasteiger partial charge in [0, 0.05) is 0 Å². The molecule has 0 bridgehead atoms. The van der Waals surface area contributed by atoms with Crippen LogP contribution in [0, 0.1) is 0 Å². The summed E-state index contributed by atoms with van der Waals surface area (Å²) in [6.07, 6.45) is -46.4. The molecule has 0 aromatic heterocycles. The zero-order valence-corrected chi connectivity index (χ0v) is 36.6. The van der Waals surface area contributed by atoms with Crippen molar-refractivity contribution in [3.8, 4) is 0 Å². The fourth-order valence-electron chi connectivity index (χ4n) is 8.03. The fraction of sp³-hybridized carbons (Fsp3) is 0.381. The van der Waals surface area contributed by atoms with E-state index in [0.29, 0.717) is 0 Å². The first-order valence-electron chi connectivity index (χ1n) is 18.9. The number of rotatable bonds is 6. The van der Waals surface area contributed by atoms with Gasteiger partial charge in [0.15, 0.2) is 0 Å². The van der Waals surface area contributed by atoms with E-state index < -0.39 is 144 Å². The van der Waals surface area contributed by atoms with Crippen LogP contribution >= 0.6 is 15.8 Å². The van der Waals surface area contributed by atoms with E-state index in [4.69, 9.17) is 0 Å². The predicted octanol–water partition coefficient (Wildman–Crippen LogP) is 16.0. The van der Waals surface area contributed by atoms with Crippen molar-refractivity contribution >= 4 is 26.5 Å². The maximum absolute atomic E-state index is 14.5. The van der Waals surface area contributed by atoms with E-state index in [9.17, 15) is 105 Å². The molecule has 0 fully saturated rings. The van der Waals surface area contributed by atoms with Crippen LogP contribution in [0.2, 0.25) is 0 Å². The summed E-state index contributed by atoms with van der Waals surface area (Å²) in [5, 5.41) is -14.6. The van der Waals surface area contributed by atoms with Gasteiger partial charge in [-0.15, -0.1) is 10.6 Å². The summed E-state index contributed by atoms with van der Waals surface area (Å²) in [6, 6.07) is 8.52. The van der Waals surface area contributed by atoms with E-state index in [1.807, 2.05) is 0 Å². The predicted molar refractivity (Wildman–Crippen MR) is 204 cm³/mol. The fourth-order valence-corrected chi connectivity index (χ4v) is 15.2. The first-order chi connectivity index (χ1) is 30.7. The summed E-state index contributed by atoms with van der Waals surface area (Å²) >= 11 is 0. The van der Waals surface area contributed by atoms with E-state index in [1.165, 1.54) is 0 Å². The van der Waals surface area contributed by atoms with Crippen LogP contribution in [-0.4, -0.2) is 70.0 Å². The SMILES string of the molecule is FC(F)(F)C1=CCC(P(c2ccc[cH-]2)C2(C(F)(F)F)C=CC(C(F)(F)F)=CC2)(C(F)(F)F)C=C1.FC(F)(F)C1=CCC(P(c2ccc[cH-]2)C2(C(F)(F)F)C=CC(C(F)(F)F)=CC2)(C(F)(F)F)C=C1.[Fe+2]. The molecule has 2 aromatic rings. The Balaban J connectivity index is 0.000000296. The van der Waals surface area contributed by atoms with Gasteiger partial charge in [0.05, 0.1) is 22.3 Å². The molecule has 0 saturated carbocycles. The molecule has 0 aliphatic heterocycles. The van der Waals surface area contributed by atoms with Crippen molar-refractivity contribution in [3.05, 3.63) is 144 Å². The van der Waals surface area contributed by atoms with Crippen LogP contribution in [-0.2, 0) is 17.1 Å². The quantitative estimate of drug-likeness (QED) is 0.117. The van der Waals surface area contributed by atoms with Crippen LogP contribution in [0.15, 0.2) is 144 Å². The Kier molecular flexibility index (Phi) is 16.0. The molecule has 0 radical (unpaired) electrons. The number of allylic oxidation sites excluding steroid dienone is 16. The minimum atomic E-state index is -5.46. The van der Waals surface area contributed by atoms with Crippen LogP contribution in [0.3, 0.4) is 0 Å². The Morgan fingerprint density at radius 3 is 0.667 bits per heavy atom. The van der Waals surface area contributed by atoms with E-state index in [1.54, 1.807) is 0 Å². The van der Waals surface area contributed by atoms with Crippen molar-refractivity contribution < 1.29 is 122 Å². The van der Waals surface area contributed by atoms with Gasteiger partial charge in [-0.2, -0.15) is 130 Å². The van der Waals surface area contributed by atoms with E-state index in [-0.39, 0.29) is 90.0 Å². The Labute approximate surface area is 387 Å². The Morgan fingerprint density at radius 2 is 0.551 bits per heavy atom. The van der Waals surface area contributed by atoms with Crippen molar-refractivity contribution in [2.75, 3.05) is 0 Å². The zero-order valence-electron chi connectivity index (χ0n) is 33.7. The molecule has 69 heavy (non-hydrogen) atoms. The molecule has 0 amide bonds. The topological polar surface area (TPSA) is 0 Å². The molecule has 6 rings (SSSR count). The van der Waals surface area contributed by atoms with E-state index in [0.717, 1.165) is 48.5 Å².